The van der Waals surface area contributed by atoms with Crippen LogP contribution in [0.2, 0.25) is 5.02 Å². The van der Waals surface area contributed by atoms with Crippen LogP contribution in [0.4, 0.5) is 0 Å². The molecule has 2 aromatic carbocycles. The van der Waals surface area contributed by atoms with Crippen LogP contribution in [0.3, 0.4) is 0 Å². The van der Waals surface area contributed by atoms with Crippen molar-refractivity contribution in [2.24, 2.45) is 5.16 Å². The van der Waals surface area contributed by atoms with E-state index in [1.807, 2.05) is 43.3 Å². The van der Waals surface area contributed by atoms with Crippen molar-refractivity contribution in [2.45, 2.75) is 13.5 Å². The highest BCUT2D eigenvalue weighted by molar-refractivity contribution is 6.32. The van der Waals surface area contributed by atoms with Crippen molar-refractivity contribution >= 4 is 17.3 Å². The van der Waals surface area contributed by atoms with Gasteiger partial charge in [0.2, 0.25) is 0 Å². The molecule has 4 nitrogen and oxygen atoms in total. The van der Waals surface area contributed by atoms with E-state index in [0.717, 1.165) is 11.1 Å². The van der Waals surface area contributed by atoms with Crippen LogP contribution in [0, 0.1) is 18.3 Å². The van der Waals surface area contributed by atoms with E-state index in [9.17, 15) is 5.26 Å². The molecule has 0 fully saturated rings. The van der Waals surface area contributed by atoms with Crippen molar-refractivity contribution in [2.75, 3.05) is 7.11 Å². The highest BCUT2D eigenvalue weighted by Crippen LogP contribution is 2.26. The Morgan fingerprint density at radius 3 is 2.77 bits per heavy atom. The Morgan fingerprint density at radius 2 is 2.05 bits per heavy atom. The fraction of sp³-hybridized carbons (Fsp3) is 0.176. The number of hydrogen-bond acceptors (Lipinski definition) is 4. The molecule has 0 atom stereocenters. The van der Waals surface area contributed by atoms with Crippen LogP contribution in [0.25, 0.3) is 0 Å². The van der Waals surface area contributed by atoms with Crippen molar-refractivity contribution in [1.82, 2.24) is 0 Å². The van der Waals surface area contributed by atoms with Gasteiger partial charge in [0.15, 0.2) is 5.71 Å². The summed E-state index contributed by atoms with van der Waals surface area (Å²) in [4.78, 5) is 4.71. The van der Waals surface area contributed by atoms with E-state index in [1.54, 1.807) is 12.1 Å². The maximum Gasteiger partial charge on any atom is 0.187 e. The van der Waals surface area contributed by atoms with Crippen molar-refractivity contribution in [3.05, 3.63) is 64.2 Å². The normalized spacial score (nSPS) is 10.9. The minimum atomic E-state index is 0.206. The molecule has 0 N–H and O–H groups in total. The first-order valence-corrected chi connectivity index (χ1v) is 7.02. The number of rotatable bonds is 5. The van der Waals surface area contributed by atoms with E-state index in [0.29, 0.717) is 16.3 Å². The first-order valence-electron chi connectivity index (χ1n) is 6.64. The molecule has 0 radical (unpaired) electrons. The molecule has 0 aromatic heterocycles. The molecule has 5 heteroatoms. The zero-order valence-corrected chi connectivity index (χ0v) is 13.1. The summed E-state index contributed by atoms with van der Waals surface area (Å²) in [6.45, 7) is 2.25. The van der Waals surface area contributed by atoms with E-state index in [-0.39, 0.29) is 12.3 Å². The maximum absolute atomic E-state index is 9.18. The number of nitrogens with zero attached hydrogens (tertiary/aromatic N) is 2. The summed E-state index contributed by atoms with van der Waals surface area (Å²) in [6.07, 6.45) is 0. The Bertz CT molecular complexity index is 736. The number of aryl methyl sites for hydroxylation is 1. The van der Waals surface area contributed by atoms with Gasteiger partial charge >= 0.3 is 0 Å². The highest BCUT2D eigenvalue weighted by atomic mass is 35.5. The van der Waals surface area contributed by atoms with Crippen LogP contribution in [0.5, 0.6) is 5.75 Å². The summed E-state index contributed by atoms with van der Waals surface area (Å²) in [7, 11) is 1.41. The molecular formula is C17H15ClN2O2. The molecule has 2 aromatic rings. The van der Waals surface area contributed by atoms with Crippen molar-refractivity contribution < 1.29 is 9.57 Å². The summed E-state index contributed by atoms with van der Waals surface area (Å²) in [5, 5.41) is 13.5. The molecule has 0 bridgehead atoms. The number of benzene rings is 2. The van der Waals surface area contributed by atoms with E-state index >= 15 is 0 Å². The molecule has 0 aliphatic heterocycles. The monoisotopic (exact) mass is 314 g/mol. The summed E-state index contributed by atoms with van der Waals surface area (Å²) >= 11 is 6.12. The number of hydrogen-bond donors (Lipinski definition) is 0. The molecule has 0 spiro atoms. The van der Waals surface area contributed by atoms with Gasteiger partial charge in [-0.25, -0.2) is 0 Å². The Labute approximate surface area is 134 Å². The van der Waals surface area contributed by atoms with Crippen LogP contribution >= 0.6 is 11.6 Å². The van der Waals surface area contributed by atoms with Crippen LogP contribution in [-0.4, -0.2) is 12.8 Å². The SMILES string of the molecule is CON=C(C#N)c1ccccc1COc1cc(C)ccc1Cl. The maximum atomic E-state index is 9.18. The zero-order chi connectivity index (χ0) is 15.9. The third kappa shape index (κ3) is 3.78. The van der Waals surface area contributed by atoms with Gasteiger partial charge in [0.1, 0.15) is 25.5 Å². The van der Waals surface area contributed by atoms with Crippen LogP contribution in [0.1, 0.15) is 16.7 Å². The number of oxime groups is 1. The van der Waals surface area contributed by atoms with Crippen molar-refractivity contribution in [1.29, 1.82) is 5.26 Å². The van der Waals surface area contributed by atoms with Gasteiger partial charge in [-0.1, -0.05) is 47.1 Å². The lowest BCUT2D eigenvalue weighted by molar-refractivity contribution is 0.214. The zero-order valence-electron chi connectivity index (χ0n) is 12.3. The second-order valence-corrected chi connectivity index (χ2v) is 5.02. The van der Waals surface area contributed by atoms with Crippen molar-refractivity contribution in [3.63, 3.8) is 0 Å². The van der Waals surface area contributed by atoms with E-state index in [1.165, 1.54) is 7.11 Å². The van der Waals surface area contributed by atoms with E-state index in [4.69, 9.17) is 21.2 Å². The summed E-state index contributed by atoms with van der Waals surface area (Å²) < 4.78 is 5.78. The molecule has 2 rings (SSSR count). The highest BCUT2D eigenvalue weighted by Gasteiger charge is 2.11. The van der Waals surface area contributed by atoms with Crippen LogP contribution in [-0.2, 0) is 11.4 Å². The Hall–Kier alpha value is -2.51. The lowest BCUT2D eigenvalue weighted by atomic mass is 10.0. The molecule has 0 aliphatic rings. The predicted molar refractivity (Wildman–Crippen MR) is 86.1 cm³/mol. The van der Waals surface area contributed by atoms with Gasteiger partial charge in [0, 0.05) is 5.56 Å². The minimum Gasteiger partial charge on any atom is -0.487 e. The lowest BCUT2D eigenvalue weighted by Crippen LogP contribution is -2.06. The number of halogens is 1. The summed E-state index contributed by atoms with van der Waals surface area (Å²) in [6, 6.07) is 15.0. The third-order valence-electron chi connectivity index (χ3n) is 3.03. The first-order chi connectivity index (χ1) is 10.7. The Kier molecular flexibility index (Phi) is 5.40. The van der Waals surface area contributed by atoms with Gasteiger partial charge < -0.3 is 9.57 Å². The Balaban J connectivity index is 2.26. The van der Waals surface area contributed by atoms with Gasteiger partial charge in [-0.15, -0.1) is 0 Å². The van der Waals surface area contributed by atoms with Gasteiger partial charge in [0.25, 0.3) is 0 Å². The average molecular weight is 315 g/mol. The van der Waals surface area contributed by atoms with E-state index < -0.39 is 0 Å². The van der Waals surface area contributed by atoms with Gasteiger partial charge in [-0.2, -0.15) is 5.26 Å². The molecule has 22 heavy (non-hydrogen) atoms. The smallest absolute Gasteiger partial charge is 0.187 e. The molecule has 0 unspecified atom stereocenters. The van der Waals surface area contributed by atoms with Crippen molar-refractivity contribution in [3.8, 4) is 11.8 Å². The topological polar surface area (TPSA) is 54.6 Å². The Morgan fingerprint density at radius 1 is 1.27 bits per heavy atom. The second kappa shape index (κ2) is 7.48. The third-order valence-corrected chi connectivity index (χ3v) is 3.34. The fourth-order valence-electron chi connectivity index (χ4n) is 1.97. The summed E-state index contributed by atoms with van der Waals surface area (Å²) in [5.74, 6) is 0.610. The van der Waals surface area contributed by atoms with Crippen LogP contribution in [0.15, 0.2) is 47.6 Å². The molecule has 112 valence electrons. The standard InChI is InChI=1S/C17H15ClN2O2/c1-12-7-8-15(18)17(9-12)22-11-13-5-3-4-6-14(13)16(10-19)20-21-2/h3-9H,11H2,1-2H3. The predicted octanol–water partition coefficient (Wildman–Crippen LogP) is 4.10. The lowest BCUT2D eigenvalue weighted by Gasteiger charge is -2.11. The van der Waals surface area contributed by atoms with Gasteiger partial charge in [-0.3, -0.25) is 0 Å². The first kappa shape index (κ1) is 15.9. The minimum absolute atomic E-state index is 0.206. The molecule has 0 heterocycles. The quantitative estimate of drug-likeness (QED) is 0.616. The van der Waals surface area contributed by atoms with Gasteiger partial charge in [0.05, 0.1) is 5.02 Å². The summed E-state index contributed by atoms with van der Waals surface area (Å²) in [5.41, 5.74) is 2.77. The van der Waals surface area contributed by atoms with E-state index in [2.05, 4.69) is 5.16 Å². The average Bonchev–Trinajstić information content (AvgIpc) is 2.54. The van der Waals surface area contributed by atoms with Crippen LogP contribution < -0.4 is 4.74 Å². The molecule has 0 amide bonds. The fourth-order valence-corrected chi connectivity index (χ4v) is 2.15. The molecule has 0 saturated carbocycles. The number of nitriles is 1. The van der Waals surface area contributed by atoms with Gasteiger partial charge in [-0.05, 0) is 30.2 Å². The molecule has 0 aliphatic carbocycles. The largest absolute Gasteiger partial charge is 0.487 e. The number of ether oxygens (including phenoxy) is 1. The molecular weight excluding hydrogens is 300 g/mol. The second-order valence-electron chi connectivity index (χ2n) is 4.61. The molecule has 0 saturated heterocycles.